The highest BCUT2D eigenvalue weighted by Crippen LogP contribution is 2.42. The van der Waals surface area contributed by atoms with Crippen LogP contribution in [0.25, 0.3) is 0 Å². The second kappa shape index (κ2) is 3.53. The normalized spacial score (nSPS) is 28.7. The van der Waals surface area contributed by atoms with Gasteiger partial charge in [0.25, 0.3) is 0 Å². The summed E-state index contributed by atoms with van der Waals surface area (Å²) in [5, 5.41) is 3.52. The molecule has 2 aliphatic heterocycles. The third-order valence-corrected chi connectivity index (χ3v) is 3.83. The fourth-order valence-electron chi connectivity index (χ4n) is 3.18. The number of fused-ring (bicyclic) bond motifs is 3. The topological polar surface area (TPSA) is 15.3 Å². The highest BCUT2D eigenvalue weighted by atomic mass is 15.2. The van der Waals surface area contributed by atoms with Crippen molar-refractivity contribution in [2.75, 3.05) is 24.5 Å². The maximum absolute atomic E-state index is 3.52. The summed E-state index contributed by atoms with van der Waals surface area (Å²) in [4.78, 5) is 2.58. The molecule has 0 saturated carbocycles. The molecule has 2 nitrogen and oxygen atoms in total. The van der Waals surface area contributed by atoms with Crippen molar-refractivity contribution in [3.63, 3.8) is 0 Å². The van der Waals surface area contributed by atoms with Crippen LogP contribution in [0.15, 0.2) is 24.3 Å². The SMILES string of the molecule is CCN1c2ccccc2[C@H]2CNCC[C@H]21. The van der Waals surface area contributed by atoms with Gasteiger partial charge < -0.3 is 10.2 Å². The van der Waals surface area contributed by atoms with Crippen LogP contribution in [0.2, 0.25) is 0 Å². The lowest BCUT2D eigenvalue weighted by atomic mass is 9.90. The van der Waals surface area contributed by atoms with E-state index in [1.54, 1.807) is 5.56 Å². The van der Waals surface area contributed by atoms with Crippen LogP contribution in [0, 0.1) is 0 Å². The summed E-state index contributed by atoms with van der Waals surface area (Å²) in [6.45, 7) is 5.73. The molecule has 1 aromatic carbocycles. The molecule has 2 atom stereocenters. The summed E-state index contributed by atoms with van der Waals surface area (Å²) in [5.41, 5.74) is 3.02. The van der Waals surface area contributed by atoms with Crippen molar-refractivity contribution in [3.8, 4) is 0 Å². The minimum Gasteiger partial charge on any atom is -0.368 e. The molecular formula is C13H18N2. The van der Waals surface area contributed by atoms with Gasteiger partial charge in [0.1, 0.15) is 0 Å². The lowest BCUT2D eigenvalue weighted by Crippen LogP contribution is -2.44. The number of nitrogens with zero attached hydrogens (tertiary/aromatic N) is 1. The predicted molar refractivity (Wildman–Crippen MR) is 63.5 cm³/mol. The predicted octanol–water partition coefficient (Wildman–Crippen LogP) is 1.97. The van der Waals surface area contributed by atoms with E-state index >= 15 is 0 Å². The molecule has 0 radical (unpaired) electrons. The van der Waals surface area contributed by atoms with Crippen molar-refractivity contribution in [2.24, 2.45) is 0 Å². The van der Waals surface area contributed by atoms with Gasteiger partial charge in [-0.15, -0.1) is 0 Å². The van der Waals surface area contributed by atoms with Gasteiger partial charge in [-0.2, -0.15) is 0 Å². The number of rotatable bonds is 1. The van der Waals surface area contributed by atoms with Crippen molar-refractivity contribution in [3.05, 3.63) is 29.8 Å². The summed E-state index contributed by atoms with van der Waals surface area (Å²) in [6, 6.07) is 9.65. The van der Waals surface area contributed by atoms with Crippen LogP contribution >= 0.6 is 0 Å². The summed E-state index contributed by atoms with van der Waals surface area (Å²) in [5.74, 6) is 0.717. The fraction of sp³-hybridized carbons (Fsp3) is 0.538. The zero-order chi connectivity index (χ0) is 10.3. The van der Waals surface area contributed by atoms with Crippen LogP contribution in [0.5, 0.6) is 0 Å². The molecule has 1 saturated heterocycles. The van der Waals surface area contributed by atoms with Crippen LogP contribution in [0.1, 0.15) is 24.8 Å². The standard InChI is InChI=1S/C13H18N2/c1-2-15-12-6-4-3-5-10(12)11-9-14-8-7-13(11)15/h3-6,11,13-14H,2,7-9H2,1H3/t11-,13-/m1/s1. The van der Waals surface area contributed by atoms with Gasteiger partial charge in [-0.1, -0.05) is 18.2 Å². The van der Waals surface area contributed by atoms with Gasteiger partial charge in [0.15, 0.2) is 0 Å². The minimum atomic E-state index is 0.717. The average molecular weight is 202 g/mol. The maximum Gasteiger partial charge on any atom is 0.0405 e. The Kier molecular flexibility index (Phi) is 2.17. The second-order valence-electron chi connectivity index (χ2n) is 4.51. The van der Waals surface area contributed by atoms with Crippen LogP contribution in [-0.2, 0) is 0 Å². The number of nitrogens with one attached hydrogen (secondary N) is 1. The zero-order valence-corrected chi connectivity index (χ0v) is 9.24. The van der Waals surface area contributed by atoms with Crippen LogP contribution in [0.3, 0.4) is 0 Å². The Bertz CT molecular complexity index is 336. The monoisotopic (exact) mass is 202 g/mol. The molecule has 0 aromatic heterocycles. The number of hydrogen-bond donors (Lipinski definition) is 1. The van der Waals surface area contributed by atoms with Gasteiger partial charge in [0.05, 0.1) is 0 Å². The lowest BCUT2D eigenvalue weighted by Gasteiger charge is -2.33. The van der Waals surface area contributed by atoms with E-state index in [0.717, 1.165) is 25.0 Å². The first kappa shape index (κ1) is 9.22. The fourth-order valence-corrected chi connectivity index (χ4v) is 3.18. The molecule has 0 bridgehead atoms. The van der Waals surface area contributed by atoms with E-state index in [1.165, 1.54) is 18.7 Å². The second-order valence-corrected chi connectivity index (χ2v) is 4.51. The summed E-state index contributed by atoms with van der Waals surface area (Å²) in [6.07, 6.45) is 1.28. The van der Waals surface area contributed by atoms with E-state index in [-0.39, 0.29) is 0 Å². The van der Waals surface area contributed by atoms with E-state index in [0.29, 0.717) is 0 Å². The van der Waals surface area contributed by atoms with Crippen molar-refractivity contribution in [1.82, 2.24) is 5.32 Å². The first-order valence-corrected chi connectivity index (χ1v) is 5.98. The highest BCUT2D eigenvalue weighted by Gasteiger charge is 2.38. The first-order valence-electron chi connectivity index (χ1n) is 5.98. The first-order chi connectivity index (χ1) is 7.42. The van der Waals surface area contributed by atoms with Crippen molar-refractivity contribution in [1.29, 1.82) is 0 Å². The molecule has 0 amide bonds. The molecule has 1 fully saturated rings. The van der Waals surface area contributed by atoms with Crippen LogP contribution < -0.4 is 10.2 Å². The minimum absolute atomic E-state index is 0.717. The number of anilines is 1. The number of benzene rings is 1. The average Bonchev–Trinajstić information content (AvgIpc) is 2.63. The highest BCUT2D eigenvalue weighted by molar-refractivity contribution is 5.62. The Morgan fingerprint density at radius 3 is 3.13 bits per heavy atom. The van der Waals surface area contributed by atoms with Crippen molar-refractivity contribution in [2.45, 2.75) is 25.3 Å². The van der Waals surface area contributed by atoms with Crippen LogP contribution in [0.4, 0.5) is 5.69 Å². The van der Waals surface area contributed by atoms with Gasteiger partial charge >= 0.3 is 0 Å². The number of hydrogen-bond acceptors (Lipinski definition) is 2. The quantitative estimate of drug-likeness (QED) is 0.749. The maximum atomic E-state index is 3.52. The van der Waals surface area contributed by atoms with Gasteiger partial charge in [0.2, 0.25) is 0 Å². The van der Waals surface area contributed by atoms with E-state index in [9.17, 15) is 0 Å². The molecule has 1 aromatic rings. The molecule has 0 spiro atoms. The Morgan fingerprint density at radius 1 is 1.40 bits per heavy atom. The van der Waals surface area contributed by atoms with E-state index < -0.39 is 0 Å². The lowest BCUT2D eigenvalue weighted by molar-refractivity contribution is 0.406. The van der Waals surface area contributed by atoms with Gasteiger partial charge in [-0.25, -0.2) is 0 Å². The Morgan fingerprint density at radius 2 is 2.27 bits per heavy atom. The van der Waals surface area contributed by atoms with Gasteiger partial charge in [-0.3, -0.25) is 0 Å². The van der Waals surface area contributed by atoms with Crippen molar-refractivity contribution >= 4 is 5.69 Å². The molecule has 3 rings (SSSR count). The molecule has 80 valence electrons. The largest absolute Gasteiger partial charge is 0.368 e. The van der Waals surface area contributed by atoms with Gasteiger partial charge in [0, 0.05) is 30.7 Å². The third-order valence-electron chi connectivity index (χ3n) is 3.83. The molecule has 2 heterocycles. The molecule has 2 heteroatoms. The number of para-hydroxylation sites is 1. The molecule has 0 unspecified atom stereocenters. The van der Waals surface area contributed by atoms with E-state index in [2.05, 4.69) is 41.4 Å². The Hall–Kier alpha value is -1.02. The van der Waals surface area contributed by atoms with E-state index in [4.69, 9.17) is 0 Å². The Balaban J connectivity index is 2.05. The molecule has 2 aliphatic rings. The molecular weight excluding hydrogens is 184 g/mol. The number of likely N-dealkylation sites (N-methyl/N-ethyl adjacent to an activating group) is 1. The van der Waals surface area contributed by atoms with Gasteiger partial charge in [-0.05, 0) is 31.5 Å². The Labute approximate surface area is 91.3 Å². The molecule has 15 heavy (non-hydrogen) atoms. The van der Waals surface area contributed by atoms with Crippen molar-refractivity contribution < 1.29 is 0 Å². The molecule has 0 aliphatic carbocycles. The zero-order valence-electron chi connectivity index (χ0n) is 9.24. The van der Waals surface area contributed by atoms with E-state index in [1.807, 2.05) is 0 Å². The van der Waals surface area contributed by atoms with Crippen LogP contribution in [-0.4, -0.2) is 25.7 Å². The molecule has 1 N–H and O–H groups in total. The summed E-state index contributed by atoms with van der Waals surface area (Å²) in [7, 11) is 0. The third kappa shape index (κ3) is 1.28. The summed E-state index contributed by atoms with van der Waals surface area (Å²) < 4.78 is 0. The summed E-state index contributed by atoms with van der Waals surface area (Å²) >= 11 is 0. The number of piperidine rings is 1. The smallest absolute Gasteiger partial charge is 0.0405 e.